The number of piperidine rings is 1. The lowest BCUT2D eigenvalue weighted by Gasteiger charge is -2.34. The zero-order valence-corrected chi connectivity index (χ0v) is 29.4. The van der Waals surface area contributed by atoms with Gasteiger partial charge in [-0.3, -0.25) is 4.72 Å². The van der Waals surface area contributed by atoms with Crippen molar-refractivity contribution in [2.75, 3.05) is 28.9 Å². The van der Waals surface area contributed by atoms with Crippen molar-refractivity contribution in [1.29, 1.82) is 0 Å². The van der Waals surface area contributed by atoms with E-state index in [4.69, 9.17) is 14.5 Å². The van der Waals surface area contributed by atoms with Crippen molar-refractivity contribution in [3.8, 4) is 22.9 Å². The van der Waals surface area contributed by atoms with Crippen molar-refractivity contribution in [2.45, 2.75) is 78.9 Å². The third-order valence-corrected chi connectivity index (χ3v) is 9.66. The van der Waals surface area contributed by atoms with Crippen molar-refractivity contribution >= 4 is 38.5 Å². The van der Waals surface area contributed by atoms with E-state index in [0.717, 1.165) is 35.6 Å². The Kier molecular flexibility index (Phi) is 10.7. The van der Waals surface area contributed by atoms with Crippen LogP contribution in [0.15, 0.2) is 60.9 Å². The molecule has 1 aliphatic rings. The average molecular weight is 675 g/mol. The lowest BCUT2D eigenvalue weighted by Crippen LogP contribution is -2.47. The van der Waals surface area contributed by atoms with E-state index < -0.39 is 15.6 Å². The van der Waals surface area contributed by atoms with E-state index in [2.05, 4.69) is 33.9 Å². The maximum atomic E-state index is 13.0. The van der Waals surface area contributed by atoms with Crippen LogP contribution in [0, 0.1) is 12.8 Å². The molecule has 3 heterocycles. The van der Waals surface area contributed by atoms with Crippen LogP contribution in [0.25, 0.3) is 22.0 Å². The molecule has 1 amide bonds. The Labute approximate surface area is 283 Å². The number of nitrogens with one attached hydrogen (secondary N) is 2. The Morgan fingerprint density at radius 2 is 1.88 bits per heavy atom. The van der Waals surface area contributed by atoms with Crippen LogP contribution in [-0.2, 0) is 14.8 Å². The molecular weight excluding hydrogens is 628 g/mol. The average Bonchev–Trinajstić information content (AvgIpc) is 3.04. The summed E-state index contributed by atoms with van der Waals surface area (Å²) >= 11 is 0. The highest BCUT2D eigenvalue weighted by molar-refractivity contribution is 7.92. The standard InChI is InChI=1S/C36H46N6O5S/c1-7-24(2)18-22-48(44,45)41-31-14-8-12-28-27(31)16-15-25(3)32(28)46-33-29(13-9-19-37-33)30-17-20-38-34(40-30)39-26-11-10-21-42(23-26)35(43)47-36(4,5)6/h8-9,12-17,19-20,24,26,41H,7,10-11,18,21-23H2,1-6H3,(H,38,39,40)/t24?,26-/m0/s1. The van der Waals surface area contributed by atoms with E-state index in [-0.39, 0.29) is 17.9 Å². The molecular formula is C36H46N6O5S. The predicted octanol–water partition coefficient (Wildman–Crippen LogP) is 7.78. The van der Waals surface area contributed by atoms with Gasteiger partial charge in [0, 0.05) is 42.3 Å². The van der Waals surface area contributed by atoms with Gasteiger partial charge in [-0.15, -0.1) is 0 Å². The molecule has 0 bridgehead atoms. The number of rotatable bonds is 11. The van der Waals surface area contributed by atoms with Crippen LogP contribution in [0.3, 0.4) is 0 Å². The van der Waals surface area contributed by atoms with Crippen LogP contribution in [-0.4, -0.2) is 64.8 Å². The fourth-order valence-electron chi connectivity index (χ4n) is 5.55. The number of carbonyl (C=O) groups excluding carboxylic acids is 1. The van der Waals surface area contributed by atoms with Crippen molar-refractivity contribution < 1.29 is 22.7 Å². The molecule has 11 nitrogen and oxygen atoms in total. The summed E-state index contributed by atoms with van der Waals surface area (Å²) in [5, 5.41) is 4.88. The highest BCUT2D eigenvalue weighted by atomic mass is 32.2. The highest BCUT2D eigenvalue weighted by Crippen LogP contribution is 2.39. The Morgan fingerprint density at radius 3 is 2.65 bits per heavy atom. The first-order valence-electron chi connectivity index (χ1n) is 16.6. The molecule has 256 valence electrons. The molecule has 1 unspecified atom stereocenters. The first-order valence-corrected chi connectivity index (χ1v) is 18.2. The van der Waals surface area contributed by atoms with Crippen LogP contribution in [0.2, 0.25) is 0 Å². The van der Waals surface area contributed by atoms with Gasteiger partial charge in [-0.1, -0.05) is 44.5 Å². The SMILES string of the molecule is CCC(C)CCS(=O)(=O)Nc1cccc2c(Oc3ncccc3-c3ccnc(N[C@H]4CCCN(C(=O)OC(C)(C)C)C4)n3)c(C)ccc12. The molecule has 12 heteroatoms. The van der Waals surface area contributed by atoms with Crippen molar-refractivity contribution in [3.63, 3.8) is 0 Å². The first kappa shape index (κ1) is 34.9. The minimum atomic E-state index is -3.53. The number of carbonyl (C=O) groups is 1. The summed E-state index contributed by atoms with van der Waals surface area (Å²) in [7, 11) is -3.53. The number of hydrogen-bond donors (Lipinski definition) is 2. The van der Waals surface area contributed by atoms with Gasteiger partial charge in [0.1, 0.15) is 11.4 Å². The fourth-order valence-corrected chi connectivity index (χ4v) is 6.88. The monoisotopic (exact) mass is 674 g/mol. The number of anilines is 2. The minimum absolute atomic E-state index is 0.0360. The maximum Gasteiger partial charge on any atom is 0.410 e. The van der Waals surface area contributed by atoms with Crippen LogP contribution in [0.4, 0.5) is 16.4 Å². The van der Waals surface area contributed by atoms with Gasteiger partial charge in [0.05, 0.1) is 22.7 Å². The summed E-state index contributed by atoms with van der Waals surface area (Å²) in [6, 6.07) is 14.8. The highest BCUT2D eigenvalue weighted by Gasteiger charge is 2.28. The Bertz CT molecular complexity index is 1860. The zero-order valence-electron chi connectivity index (χ0n) is 28.6. The third kappa shape index (κ3) is 8.91. The van der Waals surface area contributed by atoms with Gasteiger partial charge in [-0.25, -0.2) is 28.2 Å². The van der Waals surface area contributed by atoms with E-state index in [1.54, 1.807) is 29.4 Å². The molecule has 5 rings (SSSR count). The largest absolute Gasteiger partial charge is 0.444 e. The summed E-state index contributed by atoms with van der Waals surface area (Å²) in [6.07, 6.45) is 6.24. The second kappa shape index (κ2) is 14.8. The van der Waals surface area contributed by atoms with Gasteiger partial charge in [0.2, 0.25) is 21.9 Å². The number of fused-ring (bicyclic) bond motifs is 1. The molecule has 1 saturated heterocycles. The molecule has 2 N–H and O–H groups in total. The minimum Gasteiger partial charge on any atom is -0.444 e. The van der Waals surface area contributed by atoms with Gasteiger partial charge in [-0.05, 0) is 82.7 Å². The Morgan fingerprint density at radius 1 is 1.06 bits per heavy atom. The van der Waals surface area contributed by atoms with Gasteiger partial charge >= 0.3 is 6.09 Å². The molecule has 48 heavy (non-hydrogen) atoms. The number of aromatic nitrogens is 3. The number of hydrogen-bond acceptors (Lipinski definition) is 9. The van der Waals surface area contributed by atoms with E-state index in [1.807, 2.05) is 64.1 Å². The second-order valence-electron chi connectivity index (χ2n) is 13.5. The first-order chi connectivity index (χ1) is 22.8. The van der Waals surface area contributed by atoms with Crippen molar-refractivity contribution in [2.24, 2.45) is 5.92 Å². The van der Waals surface area contributed by atoms with Crippen LogP contribution in [0.5, 0.6) is 11.6 Å². The zero-order chi connectivity index (χ0) is 34.5. The van der Waals surface area contributed by atoms with E-state index in [1.165, 1.54) is 0 Å². The van der Waals surface area contributed by atoms with Crippen LogP contribution >= 0.6 is 0 Å². The van der Waals surface area contributed by atoms with Gasteiger partial charge in [0.15, 0.2) is 0 Å². The Hall–Kier alpha value is -4.45. The molecule has 0 radical (unpaired) electrons. The van der Waals surface area contributed by atoms with Gasteiger partial charge in [0.25, 0.3) is 0 Å². The molecule has 0 aliphatic carbocycles. The number of benzene rings is 2. The predicted molar refractivity (Wildman–Crippen MR) is 190 cm³/mol. The summed E-state index contributed by atoms with van der Waals surface area (Å²) in [6.45, 7) is 12.8. The molecule has 0 spiro atoms. The number of amides is 1. The summed E-state index contributed by atoms with van der Waals surface area (Å²) < 4.78 is 40.8. The smallest absolute Gasteiger partial charge is 0.410 e. The summed E-state index contributed by atoms with van der Waals surface area (Å²) in [5.74, 6) is 1.75. The molecule has 4 aromatic rings. The van der Waals surface area contributed by atoms with E-state index >= 15 is 0 Å². The Balaban J connectivity index is 1.37. The molecule has 2 aromatic heterocycles. The lowest BCUT2D eigenvalue weighted by molar-refractivity contribution is 0.0206. The quantitative estimate of drug-likeness (QED) is 0.163. The summed E-state index contributed by atoms with van der Waals surface area (Å²) in [5.41, 5.74) is 2.09. The number of aryl methyl sites for hydroxylation is 1. The topological polar surface area (TPSA) is 136 Å². The molecule has 1 fully saturated rings. The number of ether oxygens (including phenoxy) is 2. The van der Waals surface area contributed by atoms with Gasteiger partial charge < -0.3 is 19.7 Å². The maximum absolute atomic E-state index is 13.0. The van der Waals surface area contributed by atoms with Gasteiger partial charge in [-0.2, -0.15) is 0 Å². The number of nitrogens with zero attached hydrogens (tertiary/aromatic N) is 4. The fraction of sp³-hybridized carbons (Fsp3) is 0.444. The normalized spacial score (nSPS) is 16.0. The second-order valence-corrected chi connectivity index (χ2v) is 15.3. The van der Waals surface area contributed by atoms with Crippen LogP contribution < -0.4 is 14.8 Å². The van der Waals surface area contributed by atoms with Crippen LogP contribution in [0.1, 0.15) is 65.9 Å². The molecule has 1 aliphatic heterocycles. The number of likely N-dealkylation sites (tertiary alicyclic amines) is 1. The van der Waals surface area contributed by atoms with Crippen molar-refractivity contribution in [3.05, 3.63) is 66.5 Å². The lowest BCUT2D eigenvalue weighted by atomic mass is 10.0. The molecule has 2 aromatic carbocycles. The molecule has 2 atom stereocenters. The van der Waals surface area contributed by atoms with E-state index in [0.29, 0.717) is 60.0 Å². The van der Waals surface area contributed by atoms with E-state index in [9.17, 15) is 13.2 Å². The number of pyridine rings is 1. The molecule has 0 saturated carbocycles. The number of sulfonamides is 1. The summed E-state index contributed by atoms with van der Waals surface area (Å²) in [4.78, 5) is 28.2. The van der Waals surface area contributed by atoms with Crippen molar-refractivity contribution in [1.82, 2.24) is 19.9 Å². The third-order valence-electron chi connectivity index (χ3n) is 8.36.